The number of hydrogen-bond donors (Lipinski definition) is 1. The normalized spacial score (nSPS) is 14.8. The Morgan fingerprint density at radius 1 is 1.22 bits per heavy atom. The standard InChI is InChI=1S/C13H12BrNO2S/c14-13-4-3-12(18-13)9(6-15)8-1-2-10-11(5-8)17-7-16-10/h1-5,9H,6-7,15H2. The summed E-state index contributed by atoms with van der Waals surface area (Å²) in [4.78, 5) is 1.25. The van der Waals surface area contributed by atoms with Crippen LogP contribution in [0.15, 0.2) is 34.1 Å². The molecule has 3 rings (SSSR count). The van der Waals surface area contributed by atoms with E-state index < -0.39 is 0 Å². The average molecular weight is 326 g/mol. The number of ether oxygens (including phenoxy) is 2. The second-order valence-corrected chi connectivity index (χ2v) is 6.54. The summed E-state index contributed by atoms with van der Waals surface area (Å²) in [6.45, 7) is 0.878. The van der Waals surface area contributed by atoms with Crippen molar-refractivity contribution in [2.45, 2.75) is 5.92 Å². The van der Waals surface area contributed by atoms with E-state index in [0.717, 1.165) is 20.8 Å². The van der Waals surface area contributed by atoms with Gasteiger partial charge in [0.1, 0.15) is 0 Å². The molecule has 1 aromatic carbocycles. The van der Waals surface area contributed by atoms with Gasteiger partial charge in [0, 0.05) is 17.3 Å². The fourth-order valence-corrected chi connectivity index (χ4v) is 3.63. The van der Waals surface area contributed by atoms with Crippen LogP contribution in [0.3, 0.4) is 0 Å². The summed E-state index contributed by atoms with van der Waals surface area (Å²) < 4.78 is 11.8. The Kier molecular flexibility index (Phi) is 3.28. The van der Waals surface area contributed by atoms with E-state index in [4.69, 9.17) is 15.2 Å². The summed E-state index contributed by atoms with van der Waals surface area (Å²) in [5, 5.41) is 0. The molecule has 0 fully saturated rings. The molecule has 18 heavy (non-hydrogen) atoms. The fourth-order valence-electron chi connectivity index (χ4n) is 2.06. The smallest absolute Gasteiger partial charge is 0.231 e. The van der Waals surface area contributed by atoms with Crippen LogP contribution in [0.4, 0.5) is 0 Å². The van der Waals surface area contributed by atoms with E-state index in [-0.39, 0.29) is 5.92 Å². The molecule has 2 N–H and O–H groups in total. The van der Waals surface area contributed by atoms with Gasteiger partial charge in [-0.25, -0.2) is 0 Å². The van der Waals surface area contributed by atoms with E-state index in [9.17, 15) is 0 Å². The van der Waals surface area contributed by atoms with E-state index >= 15 is 0 Å². The third-order valence-corrected chi connectivity index (χ3v) is 4.71. The molecule has 1 atom stereocenters. The van der Waals surface area contributed by atoms with Gasteiger partial charge >= 0.3 is 0 Å². The first kappa shape index (κ1) is 12.0. The van der Waals surface area contributed by atoms with Crippen molar-refractivity contribution in [3.8, 4) is 11.5 Å². The Morgan fingerprint density at radius 2 is 2.06 bits per heavy atom. The Labute approximate surface area is 118 Å². The molecule has 0 spiro atoms. The van der Waals surface area contributed by atoms with Crippen molar-refractivity contribution in [3.05, 3.63) is 44.6 Å². The second kappa shape index (κ2) is 4.91. The summed E-state index contributed by atoms with van der Waals surface area (Å²) in [7, 11) is 0. The first-order chi connectivity index (χ1) is 8.78. The highest BCUT2D eigenvalue weighted by atomic mass is 79.9. The molecule has 1 aromatic heterocycles. The summed E-state index contributed by atoms with van der Waals surface area (Å²) in [5.74, 6) is 1.82. The number of nitrogens with two attached hydrogens (primary N) is 1. The third kappa shape index (κ3) is 2.13. The maximum absolute atomic E-state index is 5.91. The molecule has 1 unspecified atom stereocenters. The van der Waals surface area contributed by atoms with E-state index in [1.54, 1.807) is 11.3 Å². The monoisotopic (exact) mass is 325 g/mol. The Morgan fingerprint density at radius 3 is 2.78 bits per heavy atom. The van der Waals surface area contributed by atoms with Crippen LogP contribution < -0.4 is 15.2 Å². The summed E-state index contributed by atoms with van der Waals surface area (Å²) in [5.41, 5.74) is 7.07. The topological polar surface area (TPSA) is 44.5 Å². The van der Waals surface area contributed by atoms with Crippen LogP contribution >= 0.6 is 27.3 Å². The van der Waals surface area contributed by atoms with Crippen molar-refractivity contribution in [1.82, 2.24) is 0 Å². The van der Waals surface area contributed by atoms with Crippen molar-refractivity contribution in [3.63, 3.8) is 0 Å². The maximum Gasteiger partial charge on any atom is 0.231 e. The summed E-state index contributed by atoms with van der Waals surface area (Å²) in [6.07, 6.45) is 0. The van der Waals surface area contributed by atoms with Crippen molar-refractivity contribution in [2.24, 2.45) is 5.73 Å². The molecule has 0 amide bonds. The van der Waals surface area contributed by atoms with Gasteiger partial charge in [-0.15, -0.1) is 11.3 Å². The summed E-state index contributed by atoms with van der Waals surface area (Å²) in [6, 6.07) is 10.2. The molecule has 3 nitrogen and oxygen atoms in total. The molecular formula is C13H12BrNO2S. The zero-order valence-electron chi connectivity index (χ0n) is 9.56. The molecule has 0 aliphatic carbocycles. The van der Waals surface area contributed by atoms with Gasteiger partial charge in [0.25, 0.3) is 0 Å². The lowest BCUT2D eigenvalue weighted by molar-refractivity contribution is 0.174. The first-order valence-electron chi connectivity index (χ1n) is 5.63. The molecule has 2 aromatic rings. The highest BCUT2D eigenvalue weighted by Gasteiger charge is 2.19. The van der Waals surface area contributed by atoms with Crippen LogP contribution in [-0.2, 0) is 0 Å². The molecule has 0 saturated carbocycles. The van der Waals surface area contributed by atoms with Gasteiger partial charge in [0.15, 0.2) is 11.5 Å². The first-order valence-corrected chi connectivity index (χ1v) is 7.23. The number of thiophene rings is 1. The molecular weight excluding hydrogens is 314 g/mol. The van der Waals surface area contributed by atoms with Crippen molar-refractivity contribution < 1.29 is 9.47 Å². The van der Waals surface area contributed by atoms with Crippen LogP contribution in [0.1, 0.15) is 16.4 Å². The molecule has 0 radical (unpaired) electrons. The van der Waals surface area contributed by atoms with Crippen LogP contribution in [-0.4, -0.2) is 13.3 Å². The third-order valence-electron chi connectivity index (χ3n) is 2.97. The van der Waals surface area contributed by atoms with Gasteiger partial charge in [-0.3, -0.25) is 0 Å². The minimum Gasteiger partial charge on any atom is -0.454 e. The molecule has 0 bridgehead atoms. The lowest BCUT2D eigenvalue weighted by Crippen LogP contribution is -2.12. The quantitative estimate of drug-likeness (QED) is 0.941. The minimum atomic E-state index is 0.204. The van der Waals surface area contributed by atoms with Crippen LogP contribution in [0, 0.1) is 0 Å². The van der Waals surface area contributed by atoms with Crippen LogP contribution in [0.25, 0.3) is 0 Å². The number of rotatable bonds is 3. The van der Waals surface area contributed by atoms with Gasteiger partial charge in [-0.1, -0.05) is 6.07 Å². The molecule has 0 saturated heterocycles. The minimum absolute atomic E-state index is 0.204. The summed E-state index contributed by atoms with van der Waals surface area (Å²) >= 11 is 5.20. The SMILES string of the molecule is NCC(c1ccc2c(c1)OCO2)c1ccc(Br)s1. The average Bonchev–Trinajstić information content (AvgIpc) is 2.99. The molecule has 94 valence electrons. The molecule has 1 aliphatic rings. The maximum atomic E-state index is 5.91. The molecule has 5 heteroatoms. The van der Waals surface area contributed by atoms with Crippen LogP contribution in [0.2, 0.25) is 0 Å². The second-order valence-electron chi connectivity index (χ2n) is 4.04. The van der Waals surface area contributed by atoms with Crippen molar-refractivity contribution in [2.75, 3.05) is 13.3 Å². The van der Waals surface area contributed by atoms with Crippen LogP contribution in [0.5, 0.6) is 11.5 Å². The van der Waals surface area contributed by atoms with E-state index in [0.29, 0.717) is 13.3 Å². The highest BCUT2D eigenvalue weighted by Crippen LogP contribution is 2.38. The lowest BCUT2D eigenvalue weighted by atomic mass is 9.97. The number of hydrogen-bond acceptors (Lipinski definition) is 4. The lowest BCUT2D eigenvalue weighted by Gasteiger charge is -2.13. The van der Waals surface area contributed by atoms with Gasteiger partial charge in [-0.05, 0) is 45.8 Å². The Balaban J connectivity index is 1.96. The van der Waals surface area contributed by atoms with Gasteiger partial charge in [0.2, 0.25) is 6.79 Å². The highest BCUT2D eigenvalue weighted by molar-refractivity contribution is 9.11. The predicted molar refractivity (Wildman–Crippen MR) is 75.5 cm³/mol. The number of halogens is 1. The zero-order valence-corrected chi connectivity index (χ0v) is 12.0. The Hall–Kier alpha value is -1.04. The number of fused-ring (bicyclic) bond motifs is 1. The van der Waals surface area contributed by atoms with Crippen molar-refractivity contribution >= 4 is 27.3 Å². The van der Waals surface area contributed by atoms with Gasteiger partial charge in [0.05, 0.1) is 3.79 Å². The van der Waals surface area contributed by atoms with Gasteiger partial charge < -0.3 is 15.2 Å². The largest absolute Gasteiger partial charge is 0.454 e. The fraction of sp³-hybridized carbons (Fsp3) is 0.231. The van der Waals surface area contributed by atoms with Crippen molar-refractivity contribution in [1.29, 1.82) is 0 Å². The van der Waals surface area contributed by atoms with Gasteiger partial charge in [-0.2, -0.15) is 0 Å². The molecule has 1 aliphatic heterocycles. The predicted octanol–water partition coefficient (Wildman–Crippen LogP) is 3.33. The van der Waals surface area contributed by atoms with E-state index in [1.165, 1.54) is 4.88 Å². The van der Waals surface area contributed by atoms with E-state index in [2.05, 4.69) is 34.1 Å². The number of benzene rings is 1. The Bertz CT molecular complexity index is 570. The zero-order chi connectivity index (χ0) is 12.5. The van der Waals surface area contributed by atoms with E-state index in [1.807, 2.05) is 12.1 Å². The molecule has 2 heterocycles.